The summed E-state index contributed by atoms with van der Waals surface area (Å²) in [6, 6.07) is 5.89. The molecule has 0 fully saturated rings. The van der Waals surface area contributed by atoms with Crippen LogP contribution in [0, 0.1) is 12.7 Å². The summed E-state index contributed by atoms with van der Waals surface area (Å²) in [7, 11) is -4.07. The summed E-state index contributed by atoms with van der Waals surface area (Å²) in [5.74, 6) is -2.15. The van der Waals surface area contributed by atoms with Crippen LogP contribution in [0.25, 0.3) is 17.1 Å². The number of halogens is 4. The summed E-state index contributed by atoms with van der Waals surface area (Å²) in [6.45, 7) is 1.45. The Morgan fingerprint density at radius 2 is 1.85 bits per heavy atom. The van der Waals surface area contributed by atoms with E-state index in [0.717, 1.165) is 23.0 Å². The van der Waals surface area contributed by atoms with E-state index in [4.69, 9.17) is 5.14 Å². The van der Waals surface area contributed by atoms with Crippen molar-refractivity contribution in [3.8, 4) is 17.1 Å². The molecule has 0 spiro atoms. The van der Waals surface area contributed by atoms with E-state index in [9.17, 15) is 26.0 Å². The Kier molecular flexibility index (Phi) is 4.48. The molecule has 0 atom stereocenters. The minimum absolute atomic E-state index is 0.0161. The van der Waals surface area contributed by atoms with Gasteiger partial charge in [-0.25, -0.2) is 32.6 Å². The number of nitrogens with two attached hydrogens (primary N) is 1. The highest BCUT2D eigenvalue weighted by Crippen LogP contribution is 2.30. The first-order valence-electron chi connectivity index (χ1n) is 7.27. The molecule has 0 saturated heterocycles. The number of pyridine rings is 1. The van der Waals surface area contributed by atoms with Crippen LogP contribution < -0.4 is 5.14 Å². The van der Waals surface area contributed by atoms with Crippen molar-refractivity contribution in [3.63, 3.8) is 0 Å². The number of nitrogens with zero attached hydrogens (tertiary/aromatic N) is 4. The van der Waals surface area contributed by atoms with Crippen LogP contribution in [-0.2, 0) is 16.2 Å². The predicted octanol–water partition coefficient (Wildman–Crippen LogP) is 2.44. The highest BCUT2D eigenvalue weighted by molar-refractivity contribution is 7.89. The Labute approximate surface area is 150 Å². The number of primary sulfonamides is 1. The van der Waals surface area contributed by atoms with Gasteiger partial charge in [0.05, 0.1) is 11.9 Å². The SMILES string of the molecule is Cc1cc(-c2nc(C(F)(F)F)nn2-c2ccc(S(N)(=O)=O)nc2)ccc1F. The molecule has 0 amide bonds. The maximum Gasteiger partial charge on any atom is 0.453 e. The van der Waals surface area contributed by atoms with Gasteiger partial charge in [0.25, 0.3) is 15.8 Å². The van der Waals surface area contributed by atoms with Crippen molar-refractivity contribution in [1.82, 2.24) is 19.7 Å². The van der Waals surface area contributed by atoms with Crippen molar-refractivity contribution in [2.75, 3.05) is 0 Å². The molecular weight excluding hydrogens is 390 g/mol. The first-order valence-corrected chi connectivity index (χ1v) is 8.81. The van der Waals surface area contributed by atoms with Crippen LogP contribution in [-0.4, -0.2) is 28.2 Å². The van der Waals surface area contributed by atoms with Crippen molar-refractivity contribution >= 4 is 10.0 Å². The Hall–Kier alpha value is -2.86. The number of alkyl halides is 3. The van der Waals surface area contributed by atoms with Crippen LogP contribution in [0.1, 0.15) is 11.4 Å². The van der Waals surface area contributed by atoms with Gasteiger partial charge in [-0.3, -0.25) is 0 Å². The van der Waals surface area contributed by atoms with Gasteiger partial charge in [0.15, 0.2) is 10.9 Å². The molecule has 0 aliphatic rings. The number of hydrogen-bond acceptors (Lipinski definition) is 5. The van der Waals surface area contributed by atoms with E-state index in [0.29, 0.717) is 0 Å². The molecule has 3 rings (SSSR count). The molecule has 12 heteroatoms. The van der Waals surface area contributed by atoms with Crippen molar-refractivity contribution in [1.29, 1.82) is 0 Å². The second kappa shape index (κ2) is 6.39. The number of benzene rings is 1. The van der Waals surface area contributed by atoms with Crippen LogP contribution in [0.4, 0.5) is 17.6 Å². The maximum absolute atomic E-state index is 13.5. The van der Waals surface area contributed by atoms with Gasteiger partial charge in [-0.15, -0.1) is 5.10 Å². The van der Waals surface area contributed by atoms with Crippen LogP contribution in [0.15, 0.2) is 41.6 Å². The summed E-state index contributed by atoms with van der Waals surface area (Å²) < 4.78 is 76.1. The largest absolute Gasteiger partial charge is 0.453 e. The topological polar surface area (TPSA) is 104 Å². The van der Waals surface area contributed by atoms with Gasteiger partial charge in [0.2, 0.25) is 0 Å². The molecule has 0 unspecified atom stereocenters. The number of aromatic nitrogens is 4. The summed E-state index contributed by atoms with van der Waals surface area (Å²) in [6.07, 6.45) is -3.82. The fourth-order valence-corrected chi connectivity index (χ4v) is 2.71. The minimum Gasteiger partial charge on any atom is -0.241 e. The molecule has 2 N–H and O–H groups in total. The van der Waals surface area contributed by atoms with Crippen molar-refractivity contribution in [3.05, 3.63) is 53.7 Å². The van der Waals surface area contributed by atoms with E-state index in [2.05, 4.69) is 15.1 Å². The number of hydrogen-bond donors (Lipinski definition) is 1. The lowest BCUT2D eigenvalue weighted by molar-refractivity contribution is -0.144. The lowest BCUT2D eigenvalue weighted by atomic mass is 10.1. The predicted molar refractivity (Wildman–Crippen MR) is 85.7 cm³/mol. The van der Waals surface area contributed by atoms with Gasteiger partial charge in [0.1, 0.15) is 5.82 Å². The molecule has 27 heavy (non-hydrogen) atoms. The molecular formula is C15H11F4N5O2S. The minimum atomic E-state index is -4.82. The summed E-state index contributed by atoms with van der Waals surface area (Å²) in [5, 5.41) is 7.93. The third kappa shape index (κ3) is 3.80. The molecule has 0 saturated carbocycles. The van der Waals surface area contributed by atoms with E-state index in [1.54, 1.807) is 0 Å². The zero-order valence-electron chi connectivity index (χ0n) is 13.6. The van der Waals surface area contributed by atoms with Crippen LogP contribution >= 0.6 is 0 Å². The Bertz CT molecular complexity index is 1110. The highest BCUT2D eigenvalue weighted by Gasteiger charge is 2.37. The third-order valence-corrected chi connectivity index (χ3v) is 4.36. The monoisotopic (exact) mass is 401 g/mol. The lowest BCUT2D eigenvalue weighted by Crippen LogP contribution is -2.14. The zero-order chi connectivity index (χ0) is 20.0. The summed E-state index contributed by atoms with van der Waals surface area (Å²) in [5.41, 5.74) is 0.410. The van der Waals surface area contributed by atoms with Gasteiger partial charge in [-0.2, -0.15) is 13.2 Å². The summed E-state index contributed by atoms with van der Waals surface area (Å²) in [4.78, 5) is 7.13. The van der Waals surface area contributed by atoms with Crippen LogP contribution in [0.3, 0.4) is 0 Å². The van der Waals surface area contributed by atoms with Gasteiger partial charge < -0.3 is 0 Å². The fourth-order valence-electron chi connectivity index (χ4n) is 2.25. The smallest absolute Gasteiger partial charge is 0.241 e. The normalized spacial score (nSPS) is 12.4. The molecule has 142 valence electrons. The number of sulfonamides is 1. The molecule has 7 nitrogen and oxygen atoms in total. The van der Waals surface area contributed by atoms with Crippen molar-refractivity contribution in [2.24, 2.45) is 5.14 Å². The number of aryl methyl sites for hydroxylation is 1. The third-order valence-electron chi connectivity index (χ3n) is 3.53. The van der Waals surface area contributed by atoms with E-state index in [1.165, 1.54) is 25.1 Å². The van der Waals surface area contributed by atoms with E-state index in [1.807, 2.05) is 0 Å². The quantitative estimate of drug-likeness (QED) is 0.679. The molecule has 2 heterocycles. The Morgan fingerprint density at radius 3 is 2.37 bits per heavy atom. The van der Waals surface area contributed by atoms with Crippen molar-refractivity contribution in [2.45, 2.75) is 18.1 Å². The van der Waals surface area contributed by atoms with Crippen LogP contribution in [0.2, 0.25) is 0 Å². The van der Waals surface area contributed by atoms with E-state index in [-0.39, 0.29) is 22.6 Å². The molecule has 0 aliphatic heterocycles. The first-order chi connectivity index (χ1) is 12.5. The number of rotatable bonds is 3. The van der Waals surface area contributed by atoms with Gasteiger partial charge in [0, 0.05) is 5.56 Å². The average molecular weight is 401 g/mol. The zero-order valence-corrected chi connectivity index (χ0v) is 14.4. The van der Waals surface area contributed by atoms with Gasteiger partial charge >= 0.3 is 6.18 Å². The van der Waals surface area contributed by atoms with Crippen LogP contribution in [0.5, 0.6) is 0 Å². The molecule has 3 aromatic rings. The fraction of sp³-hybridized carbons (Fsp3) is 0.133. The molecule has 0 bridgehead atoms. The second-order valence-electron chi connectivity index (χ2n) is 5.53. The van der Waals surface area contributed by atoms with E-state index < -0.39 is 32.9 Å². The molecule has 1 aromatic carbocycles. The highest BCUT2D eigenvalue weighted by atomic mass is 32.2. The Balaban J connectivity index is 2.19. The van der Waals surface area contributed by atoms with Crippen molar-refractivity contribution < 1.29 is 26.0 Å². The van der Waals surface area contributed by atoms with E-state index >= 15 is 0 Å². The Morgan fingerprint density at radius 1 is 1.15 bits per heavy atom. The van der Waals surface area contributed by atoms with Gasteiger partial charge in [-0.1, -0.05) is 0 Å². The first kappa shape index (κ1) is 18.9. The second-order valence-corrected chi connectivity index (χ2v) is 7.04. The lowest BCUT2D eigenvalue weighted by Gasteiger charge is -2.07. The maximum atomic E-state index is 13.5. The summed E-state index contributed by atoms with van der Waals surface area (Å²) >= 11 is 0. The molecule has 0 aliphatic carbocycles. The molecule has 0 radical (unpaired) electrons. The molecule has 2 aromatic heterocycles. The average Bonchev–Trinajstić information content (AvgIpc) is 3.02. The standard InChI is InChI=1S/C15H11F4N5O2S/c1-8-6-9(2-4-11(8)16)13-22-14(15(17,18)19)23-24(13)10-3-5-12(21-7-10)27(20,25)26/h2-7H,1H3,(H2,20,25,26). The van der Waals surface area contributed by atoms with Gasteiger partial charge in [-0.05, 0) is 42.8 Å².